The highest BCUT2D eigenvalue weighted by Crippen LogP contribution is 2.25. The second-order valence-electron chi connectivity index (χ2n) is 8.67. The predicted molar refractivity (Wildman–Crippen MR) is 126 cm³/mol. The van der Waals surface area contributed by atoms with Gasteiger partial charge in [-0.25, -0.2) is 4.79 Å². The lowest BCUT2D eigenvalue weighted by Gasteiger charge is -2.34. The van der Waals surface area contributed by atoms with E-state index < -0.39 is 0 Å². The molecule has 30 heavy (non-hydrogen) atoms. The number of rotatable bonds is 12. The van der Waals surface area contributed by atoms with E-state index in [0.717, 1.165) is 57.5 Å². The number of hydrogen-bond acceptors (Lipinski definition) is 3. The lowest BCUT2D eigenvalue weighted by molar-refractivity contribution is 0.0130. The fourth-order valence-electron chi connectivity index (χ4n) is 4.01. The highest BCUT2D eigenvalue weighted by molar-refractivity contribution is 5.89. The average Bonchev–Trinajstić information content (AvgIpc) is 2.74. The predicted octanol–water partition coefficient (Wildman–Crippen LogP) is 5.46. The summed E-state index contributed by atoms with van der Waals surface area (Å²) in [6.07, 6.45) is 11.3. The molecule has 0 aromatic heterocycles. The Bertz CT molecular complexity index is 624. The van der Waals surface area contributed by atoms with Gasteiger partial charge in [-0.2, -0.15) is 0 Å². The van der Waals surface area contributed by atoms with Crippen molar-refractivity contribution in [2.75, 3.05) is 39.1 Å². The van der Waals surface area contributed by atoms with E-state index in [1.807, 2.05) is 49.2 Å². The van der Waals surface area contributed by atoms with Crippen LogP contribution in [0.2, 0.25) is 0 Å². The van der Waals surface area contributed by atoms with Crippen LogP contribution < -0.4 is 5.32 Å². The minimum absolute atomic E-state index is 0.0260. The number of anilines is 1. The topological polar surface area (TPSA) is 44.8 Å². The van der Waals surface area contributed by atoms with Gasteiger partial charge in [-0.05, 0) is 71.2 Å². The van der Waals surface area contributed by atoms with Crippen molar-refractivity contribution in [3.05, 3.63) is 42.5 Å². The van der Waals surface area contributed by atoms with Crippen molar-refractivity contribution in [2.45, 2.75) is 70.4 Å². The lowest BCUT2D eigenvalue weighted by Crippen LogP contribution is -2.42. The van der Waals surface area contributed by atoms with Crippen LogP contribution in [0.25, 0.3) is 0 Å². The fraction of sp³-hybridized carbons (Fsp3) is 0.640. The maximum absolute atomic E-state index is 12.5. The molecule has 1 aromatic carbocycles. The van der Waals surface area contributed by atoms with Gasteiger partial charge < -0.3 is 19.9 Å². The molecular formula is C25H41N3O2. The zero-order chi connectivity index (χ0) is 21.8. The number of urea groups is 1. The summed E-state index contributed by atoms with van der Waals surface area (Å²) in [5.74, 6) is 0. The Kier molecular flexibility index (Phi) is 11.0. The number of ether oxygens (including phenoxy) is 1. The molecule has 2 amide bonds. The van der Waals surface area contributed by atoms with Crippen LogP contribution in [-0.2, 0) is 4.74 Å². The monoisotopic (exact) mass is 415 g/mol. The van der Waals surface area contributed by atoms with Crippen LogP contribution in [0.5, 0.6) is 0 Å². The largest absolute Gasteiger partial charge is 0.378 e. The summed E-state index contributed by atoms with van der Waals surface area (Å²) in [6, 6.07) is 8.19. The highest BCUT2D eigenvalue weighted by Gasteiger charge is 2.26. The first-order valence-corrected chi connectivity index (χ1v) is 11.5. The Morgan fingerprint density at radius 2 is 1.77 bits per heavy atom. The van der Waals surface area contributed by atoms with Gasteiger partial charge in [-0.1, -0.05) is 36.6 Å². The normalized spacial score (nSPS) is 18.9. The number of nitrogens with zero attached hydrogens (tertiary/aromatic N) is 2. The van der Waals surface area contributed by atoms with E-state index in [1.54, 1.807) is 0 Å². The number of unbranched alkanes of at least 4 members (excludes halogenated alkanes) is 3. The maximum atomic E-state index is 12.5. The second kappa shape index (κ2) is 13.5. The van der Waals surface area contributed by atoms with E-state index in [2.05, 4.69) is 23.8 Å². The van der Waals surface area contributed by atoms with E-state index in [-0.39, 0.29) is 6.03 Å². The zero-order valence-electron chi connectivity index (χ0n) is 19.2. The molecule has 5 nitrogen and oxygen atoms in total. The number of carbonyl (C=O) groups excluding carboxylic acids is 1. The standard InChI is InChI=1S/C25H41N3O2/c1-5-18-27(3)19-8-6-7-9-20-30-24-16-14-23(15-17-24)28(4)25(29)26-22-12-10-21(2)11-13-22/h5,10-13,23-24H,1,6-9,14-20H2,2-4H3,(H,26,29). The third-order valence-electron chi connectivity index (χ3n) is 6.04. The van der Waals surface area contributed by atoms with Crippen LogP contribution in [0.4, 0.5) is 10.5 Å². The molecule has 5 heteroatoms. The van der Waals surface area contributed by atoms with Crippen molar-refractivity contribution < 1.29 is 9.53 Å². The molecule has 0 heterocycles. The summed E-state index contributed by atoms with van der Waals surface area (Å²) in [6.45, 7) is 8.79. The molecule has 0 atom stereocenters. The Labute approximate surface area is 183 Å². The van der Waals surface area contributed by atoms with Gasteiger partial charge in [-0.15, -0.1) is 6.58 Å². The quantitative estimate of drug-likeness (QED) is 0.364. The Morgan fingerprint density at radius 3 is 2.43 bits per heavy atom. The molecule has 1 fully saturated rings. The molecule has 1 aromatic rings. The van der Waals surface area contributed by atoms with Crippen LogP contribution in [0.15, 0.2) is 36.9 Å². The number of carbonyl (C=O) groups is 1. The van der Waals surface area contributed by atoms with Gasteiger partial charge in [0.2, 0.25) is 0 Å². The van der Waals surface area contributed by atoms with Gasteiger partial charge in [0, 0.05) is 31.9 Å². The molecular weight excluding hydrogens is 374 g/mol. The second-order valence-corrected chi connectivity index (χ2v) is 8.67. The van der Waals surface area contributed by atoms with Gasteiger partial charge in [-0.3, -0.25) is 0 Å². The van der Waals surface area contributed by atoms with Crippen LogP contribution in [0, 0.1) is 6.92 Å². The van der Waals surface area contributed by atoms with E-state index in [0.29, 0.717) is 12.1 Å². The van der Waals surface area contributed by atoms with E-state index in [9.17, 15) is 4.79 Å². The third-order valence-corrected chi connectivity index (χ3v) is 6.04. The molecule has 0 radical (unpaired) electrons. The molecule has 0 bridgehead atoms. The first-order chi connectivity index (χ1) is 14.5. The summed E-state index contributed by atoms with van der Waals surface area (Å²) < 4.78 is 6.10. The van der Waals surface area contributed by atoms with Gasteiger partial charge in [0.1, 0.15) is 0 Å². The number of amides is 2. The van der Waals surface area contributed by atoms with Crippen molar-refractivity contribution in [3.8, 4) is 0 Å². The SMILES string of the molecule is C=CCN(C)CCCCCCOC1CCC(N(C)C(=O)Nc2ccc(C)cc2)CC1. The van der Waals surface area contributed by atoms with Crippen LogP contribution in [-0.4, -0.2) is 61.8 Å². The third kappa shape index (κ3) is 8.88. The number of hydrogen-bond donors (Lipinski definition) is 1. The summed E-state index contributed by atoms with van der Waals surface area (Å²) in [5.41, 5.74) is 2.04. The summed E-state index contributed by atoms with van der Waals surface area (Å²) in [4.78, 5) is 16.7. The average molecular weight is 416 g/mol. The van der Waals surface area contributed by atoms with Crippen LogP contribution in [0.1, 0.15) is 56.9 Å². The van der Waals surface area contributed by atoms with Crippen LogP contribution in [0.3, 0.4) is 0 Å². The van der Waals surface area contributed by atoms with Gasteiger partial charge >= 0.3 is 6.03 Å². The molecule has 0 spiro atoms. The molecule has 0 saturated heterocycles. The lowest BCUT2D eigenvalue weighted by atomic mass is 9.92. The number of benzene rings is 1. The van der Waals surface area contributed by atoms with Gasteiger partial charge in [0.25, 0.3) is 0 Å². The van der Waals surface area contributed by atoms with Crippen molar-refractivity contribution in [1.82, 2.24) is 9.80 Å². The molecule has 2 rings (SSSR count). The van der Waals surface area contributed by atoms with Crippen molar-refractivity contribution in [1.29, 1.82) is 0 Å². The number of aryl methyl sites for hydroxylation is 1. The van der Waals surface area contributed by atoms with Crippen molar-refractivity contribution in [2.24, 2.45) is 0 Å². The molecule has 1 saturated carbocycles. The van der Waals surface area contributed by atoms with Gasteiger partial charge in [0.05, 0.1) is 6.10 Å². The van der Waals surface area contributed by atoms with E-state index in [1.165, 1.54) is 24.8 Å². The molecule has 1 N–H and O–H groups in total. The minimum Gasteiger partial charge on any atom is -0.378 e. The zero-order valence-corrected chi connectivity index (χ0v) is 19.2. The molecule has 168 valence electrons. The Morgan fingerprint density at radius 1 is 1.10 bits per heavy atom. The van der Waals surface area contributed by atoms with Crippen LogP contribution >= 0.6 is 0 Å². The molecule has 1 aliphatic rings. The van der Waals surface area contributed by atoms with Gasteiger partial charge in [0.15, 0.2) is 0 Å². The van der Waals surface area contributed by atoms with Crippen molar-refractivity contribution in [3.63, 3.8) is 0 Å². The molecule has 1 aliphatic carbocycles. The Hall–Kier alpha value is -1.85. The smallest absolute Gasteiger partial charge is 0.321 e. The van der Waals surface area contributed by atoms with Crippen molar-refractivity contribution >= 4 is 11.7 Å². The highest BCUT2D eigenvalue weighted by atomic mass is 16.5. The minimum atomic E-state index is -0.0260. The maximum Gasteiger partial charge on any atom is 0.321 e. The summed E-state index contributed by atoms with van der Waals surface area (Å²) in [5, 5.41) is 3.00. The van der Waals surface area contributed by atoms with E-state index >= 15 is 0 Å². The Balaban J connectivity index is 1.55. The molecule has 0 aliphatic heterocycles. The summed E-state index contributed by atoms with van der Waals surface area (Å²) in [7, 11) is 4.05. The first kappa shape index (κ1) is 24.4. The number of nitrogens with one attached hydrogen (secondary N) is 1. The number of likely N-dealkylation sites (N-methyl/N-ethyl adjacent to an activating group) is 1. The van der Waals surface area contributed by atoms with E-state index in [4.69, 9.17) is 4.74 Å². The summed E-state index contributed by atoms with van der Waals surface area (Å²) >= 11 is 0. The molecule has 0 unspecified atom stereocenters. The fourth-order valence-corrected chi connectivity index (χ4v) is 4.01. The first-order valence-electron chi connectivity index (χ1n) is 11.5.